The van der Waals surface area contributed by atoms with Gasteiger partial charge in [0.2, 0.25) is 0 Å². The lowest BCUT2D eigenvalue weighted by atomic mass is 10.2. The molecule has 1 fully saturated rings. The Hall–Kier alpha value is -0.940. The van der Waals surface area contributed by atoms with Gasteiger partial charge >= 0.3 is 5.97 Å². The van der Waals surface area contributed by atoms with Gasteiger partial charge < -0.3 is 5.11 Å². The summed E-state index contributed by atoms with van der Waals surface area (Å²) < 4.78 is 13.5. The second kappa shape index (κ2) is 5.80. The number of rotatable bonds is 6. The summed E-state index contributed by atoms with van der Waals surface area (Å²) >= 11 is 3.14. The van der Waals surface area contributed by atoms with Crippen molar-refractivity contribution in [3.8, 4) is 0 Å². The molecule has 0 aromatic heterocycles. The van der Waals surface area contributed by atoms with Crippen LogP contribution in [0.5, 0.6) is 0 Å². The molecule has 1 aliphatic rings. The molecule has 0 amide bonds. The molecule has 1 saturated carbocycles. The van der Waals surface area contributed by atoms with E-state index in [1.807, 2.05) is 4.90 Å². The predicted molar refractivity (Wildman–Crippen MR) is 69.7 cm³/mol. The van der Waals surface area contributed by atoms with Crippen LogP contribution in [0.2, 0.25) is 0 Å². The largest absolute Gasteiger partial charge is 0.480 e. The maximum Gasteiger partial charge on any atom is 0.317 e. The number of carboxylic acid groups (broad SMARTS) is 1. The minimum Gasteiger partial charge on any atom is -0.480 e. The van der Waals surface area contributed by atoms with E-state index >= 15 is 0 Å². The van der Waals surface area contributed by atoms with Gasteiger partial charge in [-0.25, -0.2) is 4.39 Å². The van der Waals surface area contributed by atoms with Crippen LogP contribution in [0.15, 0.2) is 22.7 Å². The molecule has 1 aliphatic carbocycles. The molecule has 0 aliphatic heterocycles. The van der Waals surface area contributed by atoms with Gasteiger partial charge in [-0.15, -0.1) is 0 Å². The second-order valence-corrected chi connectivity index (χ2v) is 5.61. The van der Waals surface area contributed by atoms with E-state index in [0.29, 0.717) is 16.9 Å². The van der Waals surface area contributed by atoms with E-state index in [0.717, 1.165) is 12.1 Å². The van der Waals surface area contributed by atoms with Crippen molar-refractivity contribution < 1.29 is 14.3 Å². The summed E-state index contributed by atoms with van der Waals surface area (Å²) in [6.07, 6.45) is 2.37. The average Bonchev–Trinajstić information content (AvgIpc) is 3.06. The van der Waals surface area contributed by atoms with Gasteiger partial charge in [-0.05, 0) is 52.4 Å². The molecule has 2 rings (SSSR count). The third kappa shape index (κ3) is 4.07. The molecule has 1 aromatic rings. The zero-order chi connectivity index (χ0) is 13.1. The highest BCUT2D eigenvalue weighted by Gasteiger charge is 2.25. The van der Waals surface area contributed by atoms with Crippen molar-refractivity contribution in [2.45, 2.75) is 19.4 Å². The van der Waals surface area contributed by atoms with Crippen molar-refractivity contribution in [2.75, 3.05) is 13.1 Å². The van der Waals surface area contributed by atoms with Gasteiger partial charge in [0.1, 0.15) is 5.82 Å². The summed E-state index contributed by atoms with van der Waals surface area (Å²) in [5, 5.41) is 8.88. The summed E-state index contributed by atoms with van der Waals surface area (Å²) in [5.41, 5.74) is 0.921. The molecule has 5 heteroatoms. The first-order chi connectivity index (χ1) is 8.54. The smallest absolute Gasteiger partial charge is 0.317 e. The van der Waals surface area contributed by atoms with Crippen LogP contribution in [0.3, 0.4) is 0 Å². The van der Waals surface area contributed by atoms with Crippen LogP contribution in [-0.2, 0) is 11.3 Å². The van der Waals surface area contributed by atoms with Crippen LogP contribution < -0.4 is 0 Å². The van der Waals surface area contributed by atoms with Crippen molar-refractivity contribution in [2.24, 2.45) is 5.92 Å². The summed E-state index contributed by atoms with van der Waals surface area (Å²) in [4.78, 5) is 12.7. The second-order valence-electron chi connectivity index (χ2n) is 4.76. The summed E-state index contributed by atoms with van der Waals surface area (Å²) in [6.45, 7) is 1.38. The fraction of sp³-hybridized carbons (Fsp3) is 0.462. The Balaban J connectivity index is 2.01. The van der Waals surface area contributed by atoms with Crippen LogP contribution in [-0.4, -0.2) is 29.1 Å². The lowest BCUT2D eigenvalue weighted by molar-refractivity contribution is -0.138. The van der Waals surface area contributed by atoms with Crippen molar-refractivity contribution in [1.82, 2.24) is 4.90 Å². The van der Waals surface area contributed by atoms with Gasteiger partial charge in [0.25, 0.3) is 0 Å². The number of benzene rings is 1. The van der Waals surface area contributed by atoms with Gasteiger partial charge in [0.15, 0.2) is 0 Å². The molecule has 3 nitrogen and oxygen atoms in total. The van der Waals surface area contributed by atoms with Crippen molar-refractivity contribution in [3.05, 3.63) is 34.1 Å². The molecule has 0 bridgehead atoms. The van der Waals surface area contributed by atoms with Crippen LogP contribution in [0, 0.1) is 11.7 Å². The topological polar surface area (TPSA) is 40.5 Å². The van der Waals surface area contributed by atoms with Crippen molar-refractivity contribution in [3.63, 3.8) is 0 Å². The number of halogens is 2. The third-order valence-electron chi connectivity index (χ3n) is 2.96. The Labute approximate surface area is 114 Å². The molecule has 0 atom stereocenters. The first-order valence-corrected chi connectivity index (χ1v) is 6.72. The standard InChI is InChI=1S/C13H15BrFNO2/c14-11-5-10(3-4-12(11)15)7-16(8-13(17)18)6-9-1-2-9/h3-5,9H,1-2,6-8H2,(H,17,18). The lowest BCUT2D eigenvalue weighted by Crippen LogP contribution is -2.31. The van der Waals surface area contributed by atoms with E-state index in [9.17, 15) is 9.18 Å². The minimum atomic E-state index is -0.822. The fourth-order valence-electron chi connectivity index (χ4n) is 1.94. The number of hydrogen-bond donors (Lipinski definition) is 1. The van der Waals surface area contributed by atoms with E-state index in [-0.39, 0.29) is 12.4 Å². The monoisotopic (exact) mass is 315 g/mol. The van der Waals surface area contributed by atoms with Crippen LogP contribution in [0.25, 0.3) is 0 Å². The van der Waals surface area contributed by atoms with Gasteiger partial charge in [-0.1, -0.05) is 6.07 Å². The third-order valence-corrected chi connectivity index (χ3v) is 3.57. The first kappa shape index (κ1) is 13.5. The highest BCUT2D eigenvalue weighted by atomic mass is 79.9. The molecule has 0 heterocycles. The number of carboxylic acids is 1. The van der Waals surface area contributed by atoms with Gasteiger partial charge in [0, 0.05) is 13.1 Å². The lowest BCUT2D eigenvalue weighted by Gasteiger charge is -2.20. The number of nitrogens with zero attached hydrogens (tertiary/aromatic N) is 1. The van der Waals surface area contributed by atoms with E-state index in [1.54, 1.807) is 12.1 Å². The number of aliphatic carboxylic acids is 1. The molecule has 0 spiro atoms. The molecular formula is C13H15BrFNO2. The summed E-state index contributed by atoms with van der Waals surface area (Å²) in [7, 11) is 0. The average molecular weight is 316 g/mol. The number of hydrogen-bond acceptors (Lipinski definition) is 2. The van der Waals surface area contributed by atoms with Crippen LogP contribution in [0.4, 0.5) is 4.39 Å². The van der Waals surface area contributed by atoms with Crippen LogP contribution >= 0.6 is 15.9 Å². The van der Waals surface area contributed by atoms with Crippen molar-refractivity contribution >= 4 is 21.9 Å². The Kier molecular flexibility index (Phi) is 4.35. The van der Waals surface area contributed by atoms with Gasteiger partial charge in [0.05, 0.1) is 11.0 Å². The normalized spacial score (nSPS) is 15.1. The quantitative estimate of drug-likeness (QED) is 0.877. The first-order valence-electron chi connectivity index (χ1n) is 5.92. The maximum absolute atomic E-state index is 13.1. The minimum absolute atomic E-state index is 0.0332. The Morgan fingerprint density at radius 2 is 2.22 bits per heavy atom. The van der Waals surface area contributed by atoms with Gasteiger partial charge in [-0.2, -0.15) is 0 Å². The zero-order valence-corrected chi connectivity index (χ0v) is 11.5. The highest BCUT2D eigenvalue weighted by Crippen LogP contribution is 2.30. The SMILES string of the molecule is O=C(O)CN(Cc1ccc(F)c(Br)c1)CC1CC1. The number of carbonyl (C=O) groups is 1. The molecule has 0 saturated heterocycles. The fourth-order valence-corrected chi connectivity index (χ4v) is 2.36. The Morgan fingerprint density at radius 3 is 2.78 bits per heavy atom. The highest BCUT2D eigenvalue weighted by molar-refractivity contribution is 9.10. The molecule has 1 aromatic carbocycles. The van der Waals surface area contributed by atoms with E-state index in [4.69, 9.17) is 5.11 Å². The molecule has 0 unspecified atom stereocenters. The molecule has 1 N–H and O–H groups in total. The molecule has 18 heavy (non-hydrogen) atoms. The van der Waals surface area contributed by atoms with Crippen molar-refractivity contribution in [1.29, 1.82) is 0 Å². The molecule has 0 radical (unpaired) electrons. The van der Waals surface area contributed by atoms with E-state index in [2.05, 4.69) is 15.9 Å². The Morgan fingerprint density at radius 1 is 1.50 bits per heavy atom. The summed E-state index contributed by atoms with van der Waals surface area (Å²) in [5.74, 6) is -0.490. The summed E-state index contributed by atoms with van der Waals surface area (Å²) in [6, 6.07) is 4.80. The maximum atomic E-state index is 13.1. The molecule has 98 valence electrons. The predicted octanol–water partition coefficient (Wildman–Crippen LogP) is 2.88. The van der Waals surface area contributed by atoms with E-state index < -0.39 is 5.97 Å². The Bertz CT molecular complexity index is 449. The van der Waals surface area contributed by atoms with E-state index in [1.165, 1.54) is 18.9 Å². The zero-order valence-electron chi connectivity index (χ0n) is 9.90. The van der Waals surface area contributed by atoms with Crippen LogP contribution in [0.1, 0.15) is 18.4 Å². The molecular weight excluding hydrogens is 301 g/mol. The van der Waals surface area contributed by atoms with Gasteiger partial charge in [-0.3, -0.25) is 9.69 Å².